The van der Waals surface area contributed by atoms with E-state index in [2.05, 4.69) is 0 Å². The number of alkyl halides is 3. The van der Waals surface area contributed by atoms with E-state index in [0.717, 1.165) is 6.08 Å². The van der Waals surface area contributed by atoms with Crippen LogP contribution in [0.15, 0.2) is 23.8 Å². The molecule has 0 aliphatic heterocycles. The molecule has 0 aromatic rings. The highest BCUT2D eigenvalue weighted by atomic mass is 19.4. The lowest BCUT2D eigenvalue weighted by Crippen LogP contribution is -2.51. The van der Waals surface area contributed by atoms with E-state index in [1.807, 2.05) is 0 Å². The second kappa shape index (κ2) is 4.10. The molecule has 0 aromatic carbocycles. The van der Waals surface area contributed by atoms with Gasteiger partial charge in [-0.25, -0.2) is 0 Å². The minimum atomic E-state index is -4.75. The number of hydrogen-bond acceptors (Lipinski definition) is 2. The van der Waals surface area contributed by atoms with Gasteiger partial charge >= 0.3 is 6.18 Å². The molecule has 18 heavy (non-hydrogen) atoms. The molecule has 1 aliphatic carbocycles. The van der Waals surface area contributed by atoms with E-state index in [4.69, 9.17) is 4.74 Å². The third-order valence-electron chi connectivity index (χ3n) is 3.18. The molecule has 0 amide bonds. The Labute approximate surface area is 105 Å². The van der Waals surface area contributed by atoms with Gasteiger partial charge in [0.25, 0.3) is 0 Å². The fourth-order valence-electron chi connectivity index (χ4n) is 1.98. The predicted octanol–water partition coefficient (Wildman–Crippen LogP) is 3.23. The van der Waals surface area contributed by atoms with Crippen LogP contribution in [0, 0.1) is 5.41 Å². The third kappa shape index (κ3) is 2.47. The van der Waals surface area contributed by atoms with Gasteiger partial charge in [-0.15, -0.1) is 0 Å². The Hall–Kier alpha value is -0.810. The highest BCUT2D eigenvalue weighted by Gasteiger charge is 2.58. The summed E-state index contributed by atoms with van der Waals surface area (Å²) in [6.07, 6.45) is -1.40. The molecule has 0 saturated carbocycles. The SMILES string of the molecule is CO[C@@]1(C)C=C[C@](O)(C(F)(F)F)C(C(C)(C)C)=C1. The normalized spacial score (nSPS) is 33.5. The van der Waals surface area contributed by atoms with Gasteiger partial charge in [-0.05, 0) is 36.1 Å². The van der Waals surface area contributed by atoms with Gasteiger partial charge in [-0.2, -0.15) is 13.2 Å². The van der Waals surface area contributed by atoms with E-state index in [1.54, 1.807) is 27.7 Å². The van der Waals surface area contributed by atoms with Crippen molar-refractivity contribution in [3.05, 3.63) is 23.8 Å². The number of methoxy groups -OCH3 is 1. The summed E-state index contributed by atoms with van der Waals surface area (Å²) in [4.78, 5) is 0. The Kier molecular flexibility index (Phi) is 3.47. The zero-order valence-corrected chi connectivity index (χ0v) is 11.2. The maximum atomic E-state index is 13.1. The summed E-state index contributed by atoms with van der Waals surface area (Å²) in [7, 11) is 1.42. The predicted molar refractivity (Wildman–Crippen MR) is 63.1 cm³/mol. The zero-order chi connectivity index (χ0) is 14.4. The molecule has 0 unspecified atom stereocenters. The smallest absolute Gasteiger partial charge is 0.373 e. The Morgan fingerprint density at radius 3 is 2.00 bits per heavy atom. The number of halogens is 3. The summed E-state index contributed by atoms with van der Waals surface area (Å²) in [5.74, 6) is 0. The van der Waals surface area contributed by atoms with Gasteiger partial charge in [0.05, 0.1) is 0 Å². The third-order valence-corrected chi connectivity index (χ3v) is 3.18. The first kappa shape index (κ1) is 15.2. The van der Waals surface area contributed by atoms with Crippen LogP contribution >= 0.6 is 0 Å². The van der Waals surface area contributed by atoms with Crippen molar-refractivity contribution in [1.82, 2.24) is 0 Å². The molecule has 0 bridgehead atoms. The van der Waals surface area contributed by atoms with Gasteiger partial charge < -0.3 is 9.84 Å². The molecule has 1 N–H and O–H groups in total. The van der Waals surface area contributed by atoms with Gasteiger partial charge in [-0.3, -0.25) is 0 Å². The molecule has 1 rings (SSSR count). The van der Waals surface area contributed by atoms with Crippen LogP contribution < -0.4 is 0 Å². The summed E-state index contributed by atoms with van der Waals surface area (Å²) in [5, 5.41) is 10.00. The first-order valence-corrected chi connectivity index (χ1v) is 5.64. The second-order valence-corrected chi connectivity index (χ2v) is 5.79. The van der Waals surface area contributed by atoms with E-state index in [-0.39, 0.29) is 5.57 Å². The minimum absolute atomic E-state index is 0.102. The molecule has 1 aliphatic rings. The van der Waals surface area contributed by atoms with Crippen molar-refractivity contribution in [3.8, 4) is 0 Å². The molecule has 0 radical (unpaired) electrons. The molecule has 0 spiro atoms. The maximum absolute atomic E-state index is 13.1. The van der Waals surface area contributed by atoms with Crippen molar-refractivity contribution in [2.45, 2.75) is 45.1 Å². The van der Waals surface area contributed by atoms with Crippen LogP contribution in [-0.2, 0) is 4.74 Å². The fourth-order valence-corrected chi connectivity index (χ4v) is 1.98. The van der Waals surface area contributed by atoms with Gasteiger partial charge in [0.2, 0.25) is 5.60 Å². The molecule has 104 valence electrons. The Morgan fingerprint density at radius 1 is 1.17 bits per heavy atom. The molecular formula is C13H19F3O2. The molecule has 0 heterocycles. The zero-order valence-electron chi connectivity index (χ0n) is 11.2. The van der Waals surface area contributed by atoms with E-state index in [1.165, 1.54) is 19.3 Å². The van der Waals surface area contributed by atoms with Gasteiger partial charge in [0.15, 0.2) is 0 Å². The molecule has 0 saturated heterocycles. The lowest BCUT2D eigenvalue weighted by molar-refractivity contribution is -0.230. The van der Waals surface area contributed by atoms with Gasteiger partial charge in [0.1, 0.15) is 5.60 Å². The van der Waals surface area contributed by atoms with E-state index < -0.39 is 22.8 Å². The summed E-state index contributed by atoms with van der Waals surface area (Å²) in [6.45, 7) is 6.53. The van der Waals surface area contributed by atoms with Crippen molar-refractivity contribution in [2.75, 3.05) is 7.11 Å². The monoisotopic (exact) mass is 264 g/mol. The first-order valence-electron chi connectivity index (χ1n) is 5.64. The largest absolute Gasteiger partial charge is 0.424 e. The average Bonchev–Trinajstić information content (AvgIpc) is 2.19. The van der Waals surface area contributed by atoms with Crippen LogP contribution in [0.1, 0.15) is 27.7 Å². The quantitative estimate of drug-likeness (QED) is 0.737. The lowest BCUT2D eigenvalue weighted by atomic mass is 9.70. The molecule has 0 aromatic heterocycles. The number of rotatable bonds is 1. The van der Waals surface area contributed by atoms with Crippen molar-refractivity contribution < 1.29 is 23.0 Å². The molecule has 0 fully saturated rings. The molecular weight excluding hydrogens is 245 g/mol. The highest BCUT2D eigenvalue weighted by molar-refractivity contribution is 5.41. The summed E-state index contributed by atoms with van der Waals surface area (Å²) < 4.78 is 44.4. The fraction of sp³-hybridized carbons (Fsp3) is 0.692. The first-order chi connectivity index (χ1) is 7.86. The van der Waals surface area contributed by atoms with Crippen molar-refractivity contribution >= 4 is 0 Å². The summed E-state index contributed by atoms with van der Waals surface area (Å²) in [5.41, 5.74) is -4.78. The van der Waals surface area contributed by atoms with Crippen molar-refractivity contribution in [3.63, 3.8) is 0 Å². The Balaban J connectivity index is 3.42. The van der Waals surface area contributed by atoms with Crippen molar-refractivity contribution in [1.29, 1.82) is 0 Å². The second-order valence-electron chi connectivity index (χ2n) is 5.79. The van der Waals surface area contributed by atoms with Crippen LogP contribution in [0.3, 0.4) is 0 Å². The summed E-state index contributed by atoms with van der Waals surface area (Å²) >= 11 is 0. The minimum Gasteiger partial charge on any atom is -0.373 e. The molecule has 2 nitrogen and oxygen atoms in total. The highest BCUT2D eigenvalue weighted by Crippen LogP contribution is 2.48. The topological polar surface area (TPSA) is 29.5 Å². The van der Waals surface area contributed by atoms with Crippen LogP contribution in [-0.4, -0.2) is 29.6 Å². The maximum Gasteiger partial charge on any atom is 0.424 e. The Bertz CT molecular complexity index is 390. The van der Waals surface area contributed by atoms with Gasteiger partial charge in [-0.1, -0.05) is 20.8 Å². The van der Waals surface area contributed by atoms with E-state index >= 15 is 0 Å². The summed E-state index contributed by atoms with van der Waals surface area (Å²) in [6, 6.07) is 0. The standard InChI is InChI=1S/C13H19F3O2/c1-10(2,3)9-8-11(4,18-5)6-7-12(9,17)13(14,15)16/h6-8,17H,1-5H3/t11-,12+/m0/s1. The molecule has 5 heteroatoms. The lowest BCUT2D eigenvalue weighted by Gasteiger charge is -2.42. The van der Waals surface area contributed by atoms with E-state index in [9.17, 15) is 18.3 Å². The van der Waals surface area contributed by atoms with Crippen LogP contribution in [0.5, 0.6) is 0 Å². The number of ether oxygens (including phenoxy) is 1. The van der Waals surface area contributed by atoms with Crippen molar-refractivity contribution in [2.24, 2.45) is 5.41 Å². The average molecular weight is 264 g/mol. The van der Waals surface area contributed by atoms with Crippen LogP contribution in [0.2, 0.25) is 0 Å². The van der Waals surface area contributed by atoms with Crippen LogP contribution in [0.25, 0.3) is 0 Å². The van der Waals surface area contributed by atoms with Crippen LogP contribution in [0.4, 0.5) is 13.2 Å². The molecule has 2 atom stereocenters. The van der Waals surface area contributed by atoms with E-state index in [0.29, 0.717) is 0 Å². The Morgan fingerprint density at radius 2 is 1.67 bits per heavy atom. The number of aliphatic hydroxyl groups is 1. The van der Waals surface area contributed by atoms with Gasteiger partial charge in [0, 0.05) is 7.11 Å². The number of hydrogen-bond donors (Lipinski definition) is 1.